The molecule has 3 heteroatoms. The summed E-state index contributed by atoms with van der Waals surface area (Å²) in [5, 5.41) is 0. The Morgan fingerprint density at radius 1 is 1.46 bits per heavy atom. The first-order valence-electron chi connectivity index (χ1n) is 4.12. The fourth-order valence-corrected chi connectivity index (χ4v) is 1.39. The van der Waals surface area contributed by atoms with E-state index in [2.05, 4.69) is 0 Å². The van der Waals surface area contributed by atoms with Crippen LogP contribution in [0.3, 0.4) is 0 Å². The molecule has 0 saturated heterocycles. The molecule has 0 heterocycles. The van der Waals surface area contributed by atoms with E-state index in [4.69, 9.17) is 4.18 Å². The van der Waals surface area contributed by atoms with Gasteiger partial charge in [-0.1, -0.05) is 25.1 Å². The number of hydrogen-bond acceptors (Lipinski definition) is 3. The van der Waals surface area contributed by atoms with E-state index in [0.717, 1.165) is 24.0 Å². The number of rotatable bonds is 3. The van der Waals surface area contributed by atoms with E-state index in [-0.39, 0.29) is 5.97 Å². The SMILES string of the molecule is CCc1ccccc1C(=O)OSC. The van der Waals surface area contributed by atoms with Crippen LogP contribution in [0.5, 0.6) is 0 Å². The summed E-state index contributed by atoms with van der Waals surface area (Å²) in [5.41, 5.74) is 1.70. The van der Waals surface area contributed by atoms with Gasteiger partial charge in [-0.05, 0) is 18.1 Å². The topological polar surface area (TPSA) is 26.3 Å². The van der Waals surface area contributed by atoms with Crippen molar-refractivity contribution < 1.29 is 8.98 Å². The van der Waals surface area contributed by atoms with Gasteiger partial charge in [0.05, 0.1) is 17.6 Å². The highest BCUT2D eigenvalue weighted by Crippen LogP contribution is 2.13. The fourth-order valence-electron chi connectivity index (χ4n) is 1.15. The molecule has 0 amide bonds. The van der Waals surface area contributed by atoms with Crippen molar-refractivity contribution in [2.45, 2.75) is 13.3 Å². The maximum atomic E-state index is 11.4. The molecule has 0 unspecified atom stereocenters. The molecule has 0 aliphatic carbocycles. The normalized spacial score (nSPS) is 9.69. The lowest BCUT2D eigenvalue weighted by molar-refractivity contribution is 0.0768. The van der Waals surface area contributed by atoms with Crippen molar-refractivity contribution in [1.29, 1.82) is 0 Å². The summed E-state index contributed by atoms with van der Waals surface area (Å²) in [7, 11) is 0. The summed E-state index contributed by atoms with van der Waals surface area (Å²) in [6.45, 7) is 2.02. The van der Waals surface area contributed by atoms with Gasteiger partial charge in [-0.3, -0.25) is 0 Å². The van der Waals surface area contributed by atoms with Crippen LogP contribution in [0.4, 0.5) is 0 Å². The highest BCUT2D eigenvalue weighted by Gasteiger charge is 2.10. The number of aryl methyl sites for hydroxylation is 1. The van der Waals surface area contributed by atoms with Crippen molar-refractivity contribution >= 4 is 18.0 Å². The molecule has 0 aromatic heterocycles. The second-order valence-corrected chi connectivity index (χ2v) is 3.05. The molecule has 0 saturated carbocycles. The third-order valence-corrected chi connectivity index (χ3v) is 2.10. The largest absolute Gasteiger partial charge is 0.388 e. The predicted octanol–water partition coefficient (Wildman–Crippen LogP) is 2.68. The summed E-state index contributed by atoms with van der Waals surface area (Å²) in [4.78, 5) is 11.4. The lowest BCUT2D eigenvalue weighted by atomic mass is 10.1. The summed E-state index contributed by atoms with van der Waals surface area (Å²) < 4.78 is 4.85. The molecular formula is C10H12O2S. The van der Waals surface area contributed by atoms with Crippen molar-refractivity contribution in [3.63, 3.8) is 0 Å². The van der Waals surface area contributed by atoms with Crippen LogP contribution < -0.4 is 0 Å². The number of carbonyl (C=O) groups excluding carboxylic acids is 1. The zero-order valence-electron chi connectivity index (χ0n) is 7.74. The Balaban J connectivity index is 2.92. The van der Waals surface area contributed by atoms with Crippen molar-refractivity contribution in [2.24, 2.45) is 0 Å². The van der Waals surface area contributed by atoms with E-state index in [0.29, 0.717) is 5.56 Å². The minimum Gasteiger partial charge on any atom is -0.388 e. The molecule has 2 nitrogen and oxygen atoms in total. The summed E-state index contributed by atoms with van der Waals surface area (Å²) in [6.07, 6.45) is 2.58. The second-order valence-electron chi connectivity index (χ2n) is 2.55. The predicted molar refractivity (Wildman–Crippen MR) is 54.8 cm³/mol. The van der Waals surface area contributed by atoms with Crippen LogP contribution in [0.2, 0.25) is 0 Å². The van der Waals surface area contributed by atoms with Crippen molar-refractivity contribution in [3.05, 3.63) is 35.4 Å². The molecule has 0 aliphatic heterocycles. The standard InChI is InChI=1S/C10H12O2S/c1-3-8-6-4-5-7-9(8)10(11)12-13-2/h4-7H,3H2,1-2H3. The summed E-state index contributed by atoms with van der Waals surface area (Å²) in [6, 6.07) is 7.50. The molecule has 0 aliphatic rings. The van der Waals surface area contributed by atoms with Crippen molar-refractivity contribution in [3.8, 4) is 0 Å². The first kappa shape index (κ1) is 10.1. The van der Waals surface area contributed by atoms with Gasteiger partial charge in [-0.2, -0.15) is 0 Å². The third-order valence-electron chi connectivity index (χ3n) is 1.78. The number of benzene rings is 1. The smallest absolute Gasteiger partial charge is 0.350 e. The van der Waals surface area contributed by atoms with Crippen LogP contribution in [0.25, 0.3) is 0 Å². The Labute approximate surface area is 82.5 Å². The first-order valence-corrected chi connectivity index (χ1v) is 5.27. The lowest BCUT2D eigenvalue weighted by Crippen LogP contribution is -2.03. The Morgan fingerprint density at radius 2 is 2.15 bits per heavy atom. The van der Waals surface area contributed by atoms with Gasteiger partial charge < -0.3 is 4.18 Å². The van der Waals surface area contributed by atoms with E-state index < -0.39 is 0 Å². The van der Waals surface area contributed by atoms with Gasteiger partial charge in [-0.15, -0.1) is 0 Å². The maximum absolute atomic E-state index is 11.4. The number of carbonyl (C=O) groups is 1. The Hall–Kier alpha value is -0.960. The van der Waals surface area contributed by atoms with Crippen LogP contribution in [0, 0.1) is 0 Å². The molecule has 1 aromatic carbocycles. The van der Waals surface area contributed by atoms with Crippen LogP contribution in [0.15, 0.2) is 24.3 Å². The molecule has 0 bridgehead atoms. The second kappa shape index (κ2) is 4.92. The zero-order valence-corrected chi connectivity index (χ0v) is 8.56. The summed E-state index contributed by atoms with van der Waals surface area (Å²) >= 11 is 1.07. The quantitative estimate of drug-likeness (QED) is 0.695. The molecule has 1 rings (SSSR count). The van der Waals surface area contributed by atoms with Crippen LogP contribution in [-0.2, 0) is 10.6 Å². The molecule has 0 atom stereocenters. The lowest BCUT2D eigenvalue weighted by Gasteiger charge is -2.04. The Morgan fingerprint density at radius 3 is 2.77 bits per heavy atom. The highest BCUT2D eigenvalue weighted by molar-refractivity contribution is 7.94. The van der Waals surface area contributed by atoms with Gasteiger partial charge in [0.1, 0.15) is 0 Å². The van der Waals surface area contributed by atoms with E-state index in [1.165, 1.54) is 0 Å². The van der Waals surface area contributed by atoms with E-state index >= 15 is 0 Å². The molecule has 0 spiro atoms. The average Bonchev–Trinajstić information content (AvgIpc) is 2.18. The molecule has 1 aromatic rings. The van der Waals surface area contributed by atoms with E-state index in [1.807, 2.05) is 25.1 Å². The monoisotopic (exact) mass is 196 g/mol. The average molecular weight is 196 g/mol. The molecule has 70 valence electrons. The van der Waals surface area contributed by atoms with Crippen molar-refractivity contribution in [1.82, 2.24) is 0 Å². The molecule has 0 fully saturated rings. The molecule has 13 heavy (non-hydrogen) atoms. The van der Waals surface area contributed by atoms with Gasteiger partial charge in [-0.25, -0.2) is 4.79 Å². The minimum atomic E-state index is -0.259. The van der Waals surface area contributed by atoms with Crippen LogP contribution in [0.1, 0.15) is 22.8 Å². The van der Waals surface area contributed by atoms with Gasteiger partial charge >= 0.3 is 5.97 Å². The van der Waals surface area contributed by atoms with E-state index in [9.17, 15) is 4.79 Å². The first-order chi connectivity index (χ1) is 6.29. The number of hydrogen-bond donors (Lipinski definition) is 0. The third kappa shape index (κ3) is 2.49. The Bertz CT molecular complexity index is 297. The van der Waals surface area contributed by atoms with Crippen molar-refractivity contribution in [2.75, 3.05) is 6.26 Å². The maximum Gasteiger partial charge on any atom is 0.350 e. The molecule has 0 N–H and O–H groups in total. The van der Waals surface area contributed by atoms with Crippen LogP contribution >= 0.6 is 12.0 Å². The van der Waals surface area contributed by atoms with Gasteiger partial charge in [0.15, 0.2) is 0 Å². The highest BCUT2D eigenvalue weighted by atomic mass is 32.2. The van der Waals surface area contributed by atoms with E-state index in [1.54, 1.807) is 12.3 Å². The Kier molecular flexibility index (Phi) is 3.83. The molecule has 0 radical (unpaired) electrons. The van der Waals surface area contributed by atoms with Gasteiger partial charge in [0.2, 0.25) is 0 Å². The van der Waals surface area contributed by atoms with Gasteiger partial charge in [0, 0.05) is 6.26 Å². The molecular weight excluding hydrogens is 184 g/mol. The summed E-state index contributed by atoms with van der Waals surface area (Å²) in [5.74, 6) is -0.259. The zero-order chi connectivity index (χ0) is 9.68. The van der Waals surface area contributed by atoms with Gasteiger partial charge in [0.25, 0.3) is 0 Å². The minimum absolute atomic E-state index is 0.259. The fraction of sp³-hybridized carbons (Fsp3) is 0.300. The van der Waals surface area contributed by atoms with Crippen LogP contribution in [-0.4, -0.2) is 12.2 Å².